The number of alkyl halides is 11. The first kappa shape index (κ1) is 24.4. The highest BCUT2D eigenvalue weighted by atomic mass is 19.4. The Labute approximate surface area is 138 Å². The van der Waals surface area contributed by atoms with Crippen LogP contribution in [-0.4, -0.2) is 52.2 Å². The zero-order valence-corrected chi connectivity index (χ0v) is 12.5. The average molecular weight is 412 g/mol. The lowest BCUT2D eigenvalue weighted by Gasteiger charge is -2.40. The van der Waals surface area contributed by atoms with Crippen LogP contribution in [0.2, 0.25) is 0 Å². The number of carboxylic acid groups (broad SMARTS) is 1. The van der Waals surface area contributed by atoms with Crippen molar-refractivity contribution >= 4 is 5.97 Å². The SMILES string of the molecule is CC(=CCC(O)CC(F)(F)C(F)(F)C(F)(C(F)(F)F)C(F)(F)F)C(=O)O. The van der Waals surface area contributed by atoms with E-state index in [0.717, 1.165) is 6.92 Å². The molecule has 0 fully saturated rings. The quantitative estimate of drug-likeness (QED) is 0.486. The first-order valence-corrected chi connectivity index (χ1v) is 6.38. The highest BCUT2D eigenvalue weighted by Crippen LogP contribution is 2.59. The van der Waals surface area contributed by atoms with Crippen molar-refractivity contribution in [2.24, 2.45) is 0 Å². The van der Waals surface area contributed by atoms with Gasteiger partial charge in [0, 0.05) is 12.0 Å². The van der Waals surface area contributed by atoms with Crippen LogP contribution in [0.25, 0.3) is 0 Å². The van der Waals surface area contributed by atoms with Gasteiger partial charge in [0.25, 0.3) is 0 Å². The Kier molecular flexibility index (Phi) is 6.75. The fraction of sp³-hybridized carbons (Fsp3) is 0.750. The van der Waals surface area contributed by atoms with Crippen LogP contribution in [0.5, 0.6) is 0 Å². The van der Waals surface area contributed by atoms with Crippen molar-refractivity contribution in [1.29, 1.82) is 0 Å². The fourth-order valence-electron chi connectivity index (χ4n) is 1.68. The predicted octanol–water partition coefficient (Wildman–Crippen LogP) is 4.26. The van der Waals surface area contributed by atoms with Gasteiger partial charge in [0.1, 0.15) is 0 Å². The maximum Gasteiger partial charge on any atom is 0.438 e. The summed E-state index contributed by atoms with van der Waals surface area (Å²) >= 11 is 0. The molecule has 0 aromatic carbocycles. The molecular weight excluding hydrogens is 401 g/mol. The molecule has 0 aliphatic heterocycles. The zero-order chi connectivity index (χ0) is 21.4. The number of aliphatic hydroxyl groups is 1. The van der Waals surface area contributed by atoms with E-state index in [1.165, 1.54) is 0 Å². The van der Waals surface area contributed by atoms with E-state index >= 15 is 0 Å². The van der Waals surface area contributed by atoms with Crippen molar-refractivity contribution in [3.05, 3.63) is 11.6 Å². The van der Waals surface area contributed by atoms with Crippen molar-refractivity contribution in [2.75, 3.05) is 0 Å². The van der Waals surface area contributed by atoms with E-state index in [-0.39, 0.29) is 0 Å². The fourth-order valence-corrected chi connectivity index (χ4v) is 1.68. The lowest BCUT2D eigenvalue weighted by molar-refractivity contribution is -0.428. The van der Waals surface area contributed by atoms with E-state index < -0.39 is 60.4 Å². The van der Waals surface area contributed by atoms with Crippen molar-refractivity contribution in [3.63, 3.8) is 0 Å². The minimum absolute atomic E-state index is 0.511. The van der Waals surface area contributed by atoms with Gasteiger partial charge in [0.15, 0.2) is 0 Å². The molecule has 0 amide bonds. The van der Waals surface area contributed by atoms with Gasteiger partial charge in [-0.05, 0) is 13.3 Å². The second-order valence-electron chi connectivity index (χ2n) is 5.22. The molecule has 0 bridgehead atoms. The summed E-state index contributed by atoms with van der Waals surface area (Å²) < 4.78 is 140. The normalized spacial score (nSPS) is 16.6. The van der Waals surface area contributed by atoms with E-state index in [1.54, 1.807) is 0 Å². The van der Waals surface area contributed by atoms with E-state index in [9.17, 15) is 53.1 Å². The lowest BCUT2D eigenvalue weighted by Crippen LogP contribution is -2.70. The molecule has 1 atom stereocenters. The molecule has 0 rings (SSSR count). The monoisotopic (exact) mass is 412 g/mol. The molecule has 0 spiro atoms. The third kappa shape index (κ3) is 4.38. The Morgan fingerprint density at radius 2 is 1.31 bits per heavy atom. The average Bonchev–Trinajstić information content (AvgIpc) is 2.40. The molecule has 154 valence electrons. The Balaban J connectivity index is 5.79. The number of hydrogen-bond donors (Lipinski definition) is 2. The minimum atomic E-state index is -7.58. The summed E-state index contributed by atoms with van der Waals surface area (Å²) in [6, 6.07) is 0. The number of halogens is 11. The molecule has 0 saturated heterocycles. The smallest absolute Gasteiger partial charge is 0.438 e. The highest BCUT2D eigenvalue weighted by Gasteiger charge is 2.89. The van der Waals surface area contributed by atoms with Crippen LogP contribution in [0.15, 0.2) is 11.6 Å². The number of carboxylic acids is 1. The summed E-state index contributed by atoms with van der Waals surface area (Å²) in [5.41, 5.74) is -8.16. The van der Waals surface area contributed by atoms with Crippen molar-refractivity contribution in [3.8, 4) is 0 Å². The Bertz CT molecular complexity index is 534. The molecule has 0 aliphatic rings. The Hall–Kier alpha value is -1.60. The summed E-state index contributed by atoms with van der Waals surface area (Å²) in [6.07, 6.45) is -20.9. The van der Waals surface area contributed by atoms with Crippen LogP contribution in [-0.2, 0) is 4.79 Å². The van der Waals surface area contributed by atoms with Gasteiger partial charge in [-0.2, -0.15) is 43.9 Å². The maximum atomic E-state index is 13.4. The van der Waals surface area contributed by atoms with Gasteiger partial charge >= 0.3 is 35.8 Å². The van der Waals surface area contributed by atoms with Crippen molar-refractivity contribution in [2.45, 2.75) is 55.7 Å². The predicted molar refractivity (Wildman–Crippen MR) is 62.5 cm³/mol. The van der Waals surface area contributed by atoms with Gasteiger partial charge < -0.3 is 10.2 Å². The summed E-state index contributed by atoms with van der Waals surface area (Å²) in [5, 5.41) is 17.5. The Morgan fingerprint density at radius 1 is 0.923 bits per heavy atom. The van der Waals surface area contributed by atoms with Crippen LogP contribution in [0.1, 0.15) is 19.8 Å². The second kappa shape index (κ2) is 7.19. The first-order valence-electron chi connectivity index (χ1n) is 6.38. The second-order valence-corrected chi connectivity index (χ2v) is 5.22. The minimum Gasteiger partial charge on any atom is -0.478 e. The standard InChI is InChI=1S/C12H11F11O3/c1-5(7(25)26)2-3-6(24)4-8(13,14)10(16,17)9(15,11(18,19)20)12(21,22)23/h2,6,24H,3-4H2,1H3,(H,25,26). The van der Waals surface area contributed by atoms with Crippen LogP contribution in [0.3, 0.4) is 0 Å². The molecule has 0 saturated carbocycles. The number of hydrogen-bond acceptors (Lipinski definition) is 2. The number of carbonyl (C=O) groups is 1. The molecule has 0 radical (unpaired) electrons. The van der Waals surface area contributed by atoms with Gasteiger partial charge in [0.2, 0.25) is 0 Å². The maximum absolute atomic E-state index is 13.4. The third-order valence-electron chi connectivity index (χ3n) is 3.20. The Morgan fingerprint density at radius 3 is 1.62 bits per heavy atom. The molecule has 26 heavy (non-hydrogen) atoms. The largest absolute Gasteiger partial charge is 0.478 e. The van der Waals surface area contributed by atoms with Gasteiger partial charge in [-0.1, -0.05) is 6.08 Å². The number of aliphatic hydroxyl groups excluding tert-OH is 1. The van der Waals surface area contributed by atoms with Crippen LogP contribution in [0.4, 0.5) is 48.3 Å². The molecule has 14 heteroatoms. The number of rotatable bonds is 7. The molecule has 0 aromatic rings. The van der Waals surface area contributed by atoms with Gasteiger partial charge in [0.05, 0.1) is 6.10 Å². The molecule has 1 unspecified atom stereocenters. The van der Waals surface area contributed by atoms with Crippen molar-refractivity contribution < 1.29 is 63.3 Å². The lowest BCUT2D eigenvalue weighted by atomic mass is 9.87. The summed E-state index contributed by atoms with van der Waals surface area (Å²) in [6.45, 7) is 0.877. The summed E-state index contributed by atoms with van der Waals surface area (Å²) in [4.78, 5) is 10.4. The molecule has 2 N–H and O–H groups in total. The summed E-state index contributed by atoms with van der Waals surface area (Å²) in [5.74, 6) is -15.2. The van der Waals surface area contributed by atoms with Crippen LogP contribution in [0, 0.1) is 0 Å². The topological polar surface area (TPSA) is 57.5 Å². The summed E-state index contributed by atoms with van der Waals surface area (Å²) in [7, 11) is 0. The third-order valence-corrected chi connectivity index (χ3v) is 3.20. The molecule has 3 nitrogen and oxygen atoms in total. The van der Waals surface area contributed by atoms with Crippen LogP contribution < -0.4 is 0 Å². The van der Waals surface area contributed by atoms with Gasteiger partial charge in [-0.15, -0.1) is 0 Å². The number of aliphatic carboxylic acids is 1. The van der Waals surface area contributed by atoms with Gasteiger partial charge in [-0.25, -0.2) is 9.18 Å². The van der Waals surface area contributed by atoms with E-state index in [1.807, 2.05) is 0 Å². The van der Waals surface area contributed by atoms with Crippen molar-refractivity contribution in [1.82, 2.24) is 0 Å². The van der Waals surface area contributed by atoms with E-state index in [4.69, 9.17) is 10.2 Å². The molecule has 0 aromatic heterocycles. The van der Waals surface area contributed by atoms with Crippen LogP contribution >= 0.6 is 0 Å². The molecule has 0 heterocycles. The van der Waals surface area contributed by atoms with E-state index in [2.05, 4.69) is 0 Å². The zero-order valence-electron chi connectivity index (χ0n) is 12.5. The van der Waals surface area contributed by atoms with Gasteiger partial charge in [-0.3, -0.25) is 0 Å². The highest BCUT2D eigenvalue weighted by molar-refractivity contribution is 5.85. The molecular formula is C12H11F11O3. The van der Waals surface area contributed by atoms with E-state index in [0.29, 0.717) is 6.08 Å². The molecule has 0 aliphatic carbocycles. The first-order chi connectivity index (χ1) is 11.2.